The molecule has 0 aliphatic heterocycles. The highest BCUT2D eigenvalue weighted by molar-refractivity contribution is 5.84. The Morgan fingerprint density at radius 1 is 1.12 bits per heavy atom. The van der Waals surface area contributed by atoms with Gasteiger partial charge in [-0.2, -0.15) is 0 Å². The molecule has 1 heterocycles. The smallest absolute Gasteiger partial charge is 0.261 e. The zero-order chi connectivity index (χ0) is 18.5. The van der Waals surface area contributed by atoms with Crippen LogP contribution < -0.4 is 14.8 Å². The summed E-state index contributed by atoms with van der Waals surface area (Å²) >= 11 is 0. The molecule has 0 bridgehead atoms. The molecule has 0 fully saturated rings. The first-order valence-corrected chi connectivity index (χ1v) is 8.75. The van der Waals surface area contributed by atoms with Crippen molar-refractivity contribution >= 4 is 16.9 Å². The number of amides is 1. The van der Waals surface area contributed by atoms with Gasteiger partial charge in [-0.1, -0.05) is 30.3 Å². The third kappa shape index (κ3) is 3.99. The highest BCUT2D eigenvalue weighted by atomic mass is 16.5. The van der Waals surface area contributed by atoms with Crippen LogP contribution in [0.25, 0.3) is 11.0 Å². The van der Waals surface area contributed by atoms with Crippen molar-refractivity contribution in [3.63, 3.8) is 0 Å². The molecule has 0 saturated carbocycles. The van der Waals surface area contributed by atoms with E-state index in [-0.39, 0.29) is 11.9 Å². The van der Waals surface area contributed by atoms with Crippen LogP contribution in [0.5, 0.6) is 11.5 Å². The number of para-hydroxylation sites is 2. The molecule has 1 N–H and O–H groups in total. The Bertz CT molecular complexity index is 872. The van der Waals surface area contributed by atoms with Crippen molar-refractivity contribution < 1.29 is 18.7 Å². The van der Waals surface area contributed by atoms with Crippen molar-refractivity contribution in [2.24, 2.45) is 0 Å². The lowest BCUT2D eigenvalue weighted by atomic mass is 10.2. The Hall–Kier alpha value is -2.95. The minimum atomic E-state index is -0.608. The maximum absolute atomic E-state index is 12.4. The average molecular weight is 353 g/mol. The summed E-state index contributed by atoms with van der Waals surface area (Å²) in [5.41, 5.74) is 0.694. The van der Waals surface area contributed by atoms with Crippen LogP contribution in [0.15, 0.2) is 59.0 Å². The van der Waals surface area contributed by atoms with Crippen molar-refractivity contribution in [3.05, 3.63) is 60.4 Å². The van der Waals surface area contributed by atoms with Gasteiger partial charge in [0.05, 0.1) is 12.6 Å². The molecule has 2 atom stereocenters. The summed E-state index contributed by atoms with van der Waals surface area (Å²) < 4.78 is 17.2. The third-order valence-electron chi connectivity index (χ3n) is 4.04. The zero-order valence-corrected chi connectivity index (χ0v) is 15.2. The van der Waals surface area contributed by atoms with Gasteiger partial charge in [0.25, 0.3) is 5.91 Å². The molecular weight excluding hydrogens is 330 g/mol. The monoisotopic (exact) mass is 353 g/mol. The molecule has 0 radical (unpaired) electrons. The number of carbonyl (C=O) groups excluding carboxylic acids is 1. The Morgan fingerprint density at radius 3 is 2.62 bits per heavy atom. The van der Waals surface area contributed by atoms with Crippen LogP contribution in [0.3, 0.4) is 0 Å². The Labute approximate surface area is 152 Å². The SMILES string of the molecule is CCOc1cccc2cc(C(C)NC(=O)C(C)Oc3ccccc3)oc12. The van der Waals surface area contributed by atoms with Crippen LogP contribution in [0.1, 0.15) is 32.6 Å². The molecule has 1 amide bonds. The Balaban J connectivity index is 1.69. The molecule has 0 spiro atoms. The lowest BCUT2D eigenvalue weighted by molar-refractivity contribution is -0.128. The maximum Gasteiger partial charge on any atom is 0.261 e. The molecule has 0 aliphatic rings. The number of carbonyl (C=O) groups is 1. The van der Waals surface area contributed by atoms with Gasteiger partial charge in [-0.3, -0.25) is 4.79 Å². The fraction of sp³-hybridized carbons (Fsp3) is 0.286. The molecule has 0 aliphatic carbocycles. The largest absolute Gasteiger partial charge is 0.490 e. The standard InChI is InChI=1S/C21H23NO4/c1-4-24-18-12-8-9-16-13-19(26-20(16)18)14(2)22-21(23)15(3)25-17-10-6-5-7-11-17/h5-15H,4H2,1-3H3,(H,22,23). The van der Waals surface area contributed by atoms with Crippen LogP contribution in [0.2, 0.25) is 0 Å². The molecule has 2 unspecified atom stereocenters. The summed E-state index contributed by atoms with van der Waals surface area (Å²) in [6.45, 7) is 6.10. The van der Waals surface area contributed by atoms with Gasteiger partial charge < -0.3 is 19.2 Å². The molecule has 5 nitrogen and oxygen atoms in total. The molecule has 136 valence electrons. The van der Waals surface area contributed by atoms with Gasteiger partial charge >= 0.3 is 0 Å². The summed E-state index contributed by atoms with van der Waals surface area (Å²) in [4.78, 5) is 12.4. The van der Waals surface area contributed by atoms with Gasteiger partial charge in [0.15, 0.2) is 17.4 Å². The predicted molar refractivity (Wildman–Crippen MR) is 100 cm³/mol. The van der Waals surface area contributed by atoms with Gasteiger partial charge in [-0.15, -0.1) is 0 Å². The second kappa shape index (κ2) is 7.95. The quantitative estimate of drug-likeness (QED) is 0.680. The van der Waals surface area contributed by atoms with Crippen LogP contribution >= 0.6 is 0 Å². The van der Waals surface area contributed by atoms with Gasteiger partial charge in [-0.25, -0.2) is 0 Å². The zero-order valence-electron chi connectivity index (χ0n) is 15.2. The summed E-state index contributed by atoms with van der Waals surface area (Å²) in [6.07, 6.45) is -0.608. The van der Waals surface area contributed by atoms with E-state index < -0.39 is 6.10 Å². The second-order valence-electron chi connectivity index (χ2n) is 6.06. The normalized spacial score (nSPS) is 13.2. The molecule has 1 aromatic heterocycles. The van der Waals surface area contributed by atoms with Crippen molar-refractivity contribution in [2.75, 3.05) is 6.61 Å². The van der Waals surface area contributed by atoms with E-state index in [1.54, 1.807) is 6.92 Å². The fourth-order valence-corrected chi connectivity index (χ4v) is 2.70. The van der Waals surface area contributed by atoms with E-state index >= 15 is 0 Å². The third-order valence-corrected chi connectivity index (χ3v) is 4.04. The summed E-state index contributed by atoms with van der Waals surface area (Å²) in [6, 6.07) is 16.7. The lowest BCUT2D eigenvalue weighted by Gasteiger charge is -2.17. The molecule has 5 heteroatoms. The van der Waals surface area contributed by atoms with Crippen LogP contribution in [-0.4, -0.2) is 18.6 Å². The van der Waals surface area contributed by atoms with Crippen molar-refractivity contribution in [1.29, 1.82) is 0 Å². The van der Waals surface area contributed by atoms with E-state index in [1.165, 1.54) is 0 Å². The van der Waals surface area contributed by atoms with Gasteiger partial charge in [-0.05, 0) is 45.0 Å². The maximum atomic E-state index is 12.4. The number of furan rings is 1. The van der Waals surface area contributed by atoms with Gasteiger partial charge in [0.1, 0.15) is 11.5 Å². The highest BCUT2D eigenvalue weighted by Gasteiger charge is 2.20. The molecule has 0 saturated heterocycles. The number of hydrogen-bond donors (Lipinski definition) is 1. The van der Waals surface area contributed by atoms with E-state index in [0.717, 1.165) is 5.39 Å². The number of nitrogens with one attached hydrogen (secondary N) is 1. The number of hydrogen-bond acceptors (Lipinski definition) is 4. The molecule has 3 aromatic rings. The summed E-state index contributed by atoms with van der Waals surface area (Å²) in [5, 5.41) is 3.88. The first kappa shape index (κ1) is 17.9. The van der Waals surface area contributed by atoms with Crippen molar-refractivity contribution in [2.45, 2.75) is 32.9 Å². The molecule has 26 heavy (non-hydrogen) atoms. The van der Waals surface area contributed by atoms with Crippen LogP contribution in [-0.2, 0) is 4.79 Å². The van der Waals surface area contributed by atoms with Crippen LogP contribution in [0, 0.1) is 0 Å². The van der Waals surface area contributed by atoms with Crippen molar-refractivity contribution in [3.8, 4) is 11.5 Å². The van der Waals surface area contributed by atoms with E-state index in [0.29, 0.717) is 29.4 Å². The minimum Gasteiger partial charge on any atom is -0.490 e. The molecule has 3 rings (SSSR count). The first-order chi connectivity index (χ1) is 12.6. The van der Waals surface area contributed by atoms with Crippen LogP contribution in [0.4, 0.5) is 0 Å². The first-order valence-electron chi connectivity index (χ1n) is 8.75. The van der Waals surface area contributed by atoms with Gasteiger partial charge in [0.2, 0.25) is 0 Å². The van der Waals surface area contributed by atoms with Gasteiger partial charge in [0, 0.05) is 5.39 Å². The number of ether oxygens (including phenoxy) is 2. The summed E-state index contributed by atoms with van der Waals surface area (Å²) in [5.74, 6) is 1.84. The van der Waals surface area contributed by atoms with E-state index in [2.05, 4.69) is 5.32 Å². The summed E-state index contributed by atoms with van der Waals surface area (Å²) in [7, 11) is 0. The number of fused-ring (bicyclic) bond motifs is 1. The van der Waals surface area contributed by atoms with E-state index in [4.69, 9.17) is 13.9 Å². The van der Waals surface area contributed by atoms with Crippen molar-refractivity contribution in [1.82, 2.24) is 5.32 Å². The molecular formula is C21H23NO4. The Morgan fingerprint density at radius 2 is 1.88 bits per heavy atom. The molecule has 2 aromatic carbocycles. The van der Waals surface area contributed by atoms with E-state index in [9.17, 15) is 4.79 Å². The second-order valence-corrected chi connectivity index (χ2v) is 6.06. The highest BCUT2D eigenvalue weighted by Crippen LogP contribution is 2.31. The lowest BCUT2D eigenvalue weighted by Crippen LogP contribution is -2.37. The number of benzene rings is 2. The fourth-order valence-electron chi connectivity index (χ4n) is 2.70. The predicted octanol–water partition coefficient (Wildman–Crippen LogP) is 4.48. The number of rotatable bonds is 7. The Kier molecular flexibility index (Phi) is 5.46. The minimum absolute atomic E-state index is 0.202. The van der Waals surface area contributed by atoms with E-state index in [1.807, 2.05) is 68.4 Å². The topological polar surface area (TPSA) is 60.7 Å². The average Bonchev–Trinajstić information content (AvgIpc) is 3.08.